The third kappa shape index (κ3) is 6.83. The van der Waals surface area contributed by atoms with Gasteiger partial charge in [-0.15, -0.1) is 0 Å². The largest absolute Gasteiger partial charge is 0.439 e. The topological polar surface area (TPSA) is 106 Å². The number of aryl methyl sites for hydroxylation is 1. The van der Waals surface area contributed by atoms with Crippen LogP contribution in [0.2, 0.25) is 0 Å². The van der Waals surface area contributed by atoms with E-state index in [1.165, 1.54) is 0 Å². The van der Waals surface area contributed by atoms with Crippen LogP contribution in [-0.4, -0.2) is 52.1 Å². The molecule has 0 radical (unpaired) electrons. The van der Waals surface area contributed by atoms with E-state index in [9.17, 15) is 4.79 Å². The van der Waals surface area contributed by atoms with Crippen molar-refractivity contribution in [3.63, 3.8) is 0 Å². The van der Waals surface area contributed by atoms with Gasteiger partial charge in [-0.2, -0.15) is 10.1 Å². The molecule has 1 saturated heterocycles. The summed E-state index contributed by atoms with van der Waals surface area (Å²) in [6.07, 6.45) is 2.60. The van der Waals surface area contributed by atoms with E-state index in [1.807, 2.05) is 61.5 Å². The number of carbonyl (C=O) groups excluding carboxylic acids is 1. The maximum atomic E-state index is 13.1. The molecular weight excluding hydrogens is 518 g/mol. The quantitative estimate of drug-likeness (QED) is 0.277. The molecular formula is C31H37N7O3. The number of benzene rings is 2. The second kappa shape index (κ2) is 12.4. The monoisotopic (exact) mass is 555 g/mol. The first-order valence-corrected chi connectivity index (χ1v) is 14.0. The molecule has 1 fully saturated rings. The van der Waals surface area contributed by atoms with Crippen LogP contribution in [0, 0.1) is 6.92 Å². The van der Waals surface area contributed by atoms with Crippen LogP contribution in [-0.2, 0) is 16.7 Å². The van der Waals surface area contributed by atoms with Crippen molar-refractivity contribution in [2.24, 2.45) is 0 Å². The maximum absolute atomic E-state index is 13.1. The second-order valence-electron chi connectivity index (χ2n) is 10.7. The Balaban J connectivity index is 1.29. The number of hydrogen-bond acceptors (Lipinski definition) is 7. The molecule has 5 rings (SSSR count). The highest BCUT2D eigenvalue weighted by molar-refractivity contribution is 5.88. The molecule has 0 atom stereocenters. The molecule has 0 aliphatic carbocycles. The summed E-state index contributed by atoms with van der Waals surface area (Å²) in [5.41, 5.74) is 3.62. The van der Waals surface area contributed by atoms with Gasteiger partial charge in [-0.1, -0.05) is 56.7 Å². The molecule has 10 nitrogen and oxygen atoms in total. The molecule has 2 aromatic heterocycles. The molecule has 2 N–H and O–H groups in total. The summed E-state index contributed by atoms with van der Waals surface area (Å²) in [5.74, 6) is 2.25. The van der Waals surface area contributed by atoms with Crippen LogP contribution >= 0.6 is 0 Å². The number of urea groups is 1. The van der Waals surface area contributed by atoms with E-state index >= 15 is 0 Å². The van der Waals surface area contributed by atoms with E-state index in [2.05, 4.69) is 46.3 Å². The van der Waals surface area contributed by atoms with Crippen LogP contribution in [0.1, 0.15) is 44.0 Å². The molecule has 3 heterocycles. The van der Waals surface area contributed by atoms with Crippen LogP contribution in [0.5, 0.6) is 11.6 Å². The van der Waals surface area contributed by atoms with Crippen molar-refractivity contribution in [2.75, 3.05) is 36.5 Å². The van der Waals surface area contributed by atoms with Crippen molar-refractivity contribution in [1.29, 1.82) is 0 Å². The Bertz CT molecular complexity index is 1480. The predicted octanol–water partition coefficient (Wildman–Crippen LogP) is 5.61. The van der Waals surface area contributed by atoms with E-state index in [1.54, 1.807) is 16.9 Å². The molecule has 214 valence electrons. The van der Waals surface area contributed by atoms with Crippen molar-refractivity contribution < 1.29 is 14.3 Å². The standard InChI is InChI=1S/C31H37N7O3/c1-5-31(3,4)26-20-27(38(36-26)24-12-10-22(2)11-13-24)34-30(39)33-21-23-8-6-7-9-25(23)41-28-14-15-32-29(35-28)37-16-18-40-19-17-37/h6-15,20H,5,16-19,21H2,1-4H3,(H2,33,34,39). The molecule has 41 heavy (non-hydrogen) atoms. The number of nitrogens with zero attached hydrogens (tertiary/aromatic N) is 5. The highest BCUT2D eigenvalue weighted by Crippen LogP contribution is 2.30. The van der Waals surface area contributed by atoms with Gasteiger partial charge in [0.2, 0.25) is 11.8 Å². The lowest BCUT2D eigenvalue weighted by molar-refractivity contribution is 0.122. The number of para-hydroxylation sites is 1. The normalized spacial score (nSPS) is 13.6. The maximum Gasteiger partial charge on any atom is 0.320 e. The Labute approximate surface area is 240 Å². The number of aromatic nitrogens is 4. The minimum atomic E-state index is -0.342. The van der Waals surface area contributed by atoms with Crippen molar-refractivity contribution in [1.82, 2.24) is 25.1 Å². The number of hydrogen-bond donors (Lipinski definition) is 2. The first-order chi connectivity index (χ1) is 19.8. The molecule has 1 aliphatic rings. The van der Waals surface area contributed by atoms with Crippen LogP contribution in [0.3, 0.4) is 0 Å². The van der Waals surface area contributed by atoms with E-state index in [-0.39, 0.29) is 18.0 Å². The minimum absolute atomic E-state index is 0.137. The second-order valence-corrected chi connectivity index (χ2v) is 10.7. The van der Waals surface area contributed by atoms with Crippen LogP contribution < -0.4 is 20.3 Å². The first kappa shape index (κ1) is 28.1. The third-order valence-electron chi connectivity index (χ3n) is 7.34. The summed E-state index contributed by atoms with van der Waals surface area (Å²) < 4.78 is 13.3. The van der Waals surface area contributed by atoms with Crippen LogP contribution in [0.25, 0.3) is 5.69 Å². The lowest BCUT2D eigenvalue weighted by Crippen LogP contribution is -2.37. The number of anilines is 2. The highest BCUT2D eigenvalue weighted by atomic mass is 16.5. The SMILES string of the molecule is CCC(C)(C)c1cc(NC(=O)NCc2ccccc2Oc2ccnc(N3CCOCC3)n2)n(-c2ccc(C)cc2)n1. The summed E-state index contributed by atoms with van der Waals surface area (Å²) in [6.45, 7) is 11.5. The van der Waals surface area contributed by atoms with Crippen molar-refractivity contribution in [2.45, 2.75) is 46.1 Å². The molecule has 2 amide bonds. The Morgan fingerprint density at radius 1 is 1.07 bits per heavy atom. The summed E-state index contributed by atoms with van der Waals surface area (Å²) >= 11 is 0. The Morgan fingerprint density at radius 2 is 1.83 bits per heavy atom. The van der Waals surface area contributed by atoms with Gasteiger partial charge in [0.25, 0.3) is 0 Å². The number of nitrogens with one attached hydrogen (secondary N) is 2. The molecule has 0 bridgehead atoms. The number of rotatable bonds is 9. The molecule has 0 unspecified atom stereocenters. The zero-order valence-electron chi connectivity index (χ0n) is 24.1. The highest BCUT2D eigenvalue weighted by Gasteiger charge is 2.24. The summed E-state index contributed by atoms with van der Waals surface area (Å²) in [6, 6.07) is 19.0. The summed E-state index contributed by atoms with van der Waals surface area (Å²) in [7, 11) is 0. The lowest BCUT2D eigenvalue weighted by atomic mass is 9.87. The number of amides is 2. The van der Waals surface area contributed by atoms with Crippen molar-refractivity contribution in [3.05, 3.63) is 83.7 Å². The van der Waals surface area contributed by atoms with Gasteiger partial charge >= 0.3 is 6.03 Å². The summed E-state index contributed by atoms with van der Waals surface area (Å²) in [4.78, 5) is 24.1. The van der Waals surface area contributed by atoms with Gasteiger partial charge in [-0.3, -0.25) is 5.32 Å². The molecule has 0 spiro atoms. The van der Waals surface area contributed by atoms with Gasteiger partial charge in [-0.25, -0.2) is 14.5 Å². The molecule has 4 aromatic rings. The van der Waals surface area contributed by atoms with Crippen molar-refractivity contribution >= 4 is 17.8 Å². The van der Waals surface area contributed by atoms with Gasteiger partial charge < -0.3 is 19.7 Å². The average molecular weight is 556 g/mol. The average Bonchev–Trinajstić information content (AvgIpc) is 3.42. The van der Waals surface area contributed by atoms with E-state index in [0.29, 0.717) is 36.6 Å². The van der Waals surface area contributed by atoms with Gasteiger partial charge in [-0.05, 0) is 31.5 Å². The predicted molar refractivity (Wildman–Crippen MR) is 159 cm³/mol. The van der Waals surface area contributed by atoms with Gasteiger partial charge in [0.15, 0.2) is 0 Å². The van der Waals surface area contributed by atoms with E-state index in [0.717, 1.165) is 42.0 Å². The number of ether oxygens (including phenoxy) is 2. The zero-order valence-corrected chi connectivity index (χ0v) is 24.1. The molecule has 10 heteroatoms. The lowest BCUT2D eigenvalue weighted by Gasteiger charge is -2.26. The molecule has 0 saturated carbocycles. The Morgan fingerprint density at radius 3 is 2.59 bits per heavy atom. The summed E-state index contributed by atoms with van der Waals surface area (Å²) in [5, 5.41) is 10.8. The third-order valence-corrected chi connectivity index (χ3v) is 7.34. The fraction of sp³-hybridized carbons (Fsp3) is 0.355. The van der Waals surface area contributed by atoms with E-state index < -0.39 is 0 Å². The van der Waals surface area contributed by atoms with Crippen LogP contribution in [0.4, 0.5) is 16.6 Å². The Kier molecular flexibility index (Phi) is 8.49. The molecule has 1 aliphatic heterocycles. The minimum Gasteiger partial charge on any atom is -0.439 e. The zero-order chi connectivity index (χ0) is 28.8. The van der Waals surface area contributed by atoms with Crippen molar-refractivity contribution in [3.8, 4) is 17.3 Å². The van der Waals surface area contributed by atoms with Gasteiger partial charge in [0, 0.05) is 48.9 Å². The smallest absolute Gasteiger partial charge is 0.320 e. The number of morpholine rings is 1. The fourth-order valence-electron chi connectivity index (χ4n) is 4.37. The first-order valence-electron chi connectivity index (χ1n) is 14.0. The van der Waals surface area contributed by atoms with E-state index in [4.69, 9.17) is 14.6 Å². The number of carbonyl (C=O) groups is 1. The van der Waals surface area contributed by atoms with Gasteiger partial charge in [0.05, 0.1) is 24.6 Å². The van der Waals surface area contributed by atoms with Crippen LogP contribution in [0.15, 0.2) is 66.9 Å². The fourth-order valence-corrected chi connectivity index (χ4v) is 4.37. The van der Waals surface area contributed by atoms with Gasteiger partial charge in [0.1, 0.15) is 11.6 Å². The Hall–Kier alpha value is -4.44. The molecule has 2 aromatic carbocycles.